The Labute approximate surface area is 71.2 Å². The first kappa shape index (κ1) is 8.86. The minimum Gasteiger partial charge on any atom is -0.364 e. The van der Waals surface area contributed by atoms with Gasteiger partial charge in [0.05, 0.1) is 0 Å². The fourth-order valence-electron chi connectivity index (χ4n) is 0.831. The largest absolute Gasteiger partial charge is 0.364 e. The van der Waals surface area contributed by atoms with E-state index in [4.69, 9.17) is 4.74 Å². The number of hydrogen-bond acceptors (Lipinski definition) is 5. The summed E-state index contributed by atoms with van der Waals surface area (Å²) in [4.78, 5) is 12.2. The van der Waals surface area contributed by atoms with Crippen LogP contribution in [0.1, 0.15) is 11.6 Å². The van der Waals surface area contributed by atoms with E-state index < -0.39 is 0 Å². The molecule has 1 aromatic rings. The van der Waals surface area contributed by atoms with E-state index in [2.05, 4.69) is 20.3 Å². The first-order valence-corrected chi connectivity index (χ1v) is 3.64. The lowest BCUT2D eigenvalue weighted by Gasteiger charge is -2.03. The van der Waals surface area contributed by atoms with E-state index in [-0.39, 0.29) is 0 Å². The molecule has 1 N–H and O–H groups in total. The van der Waals surface area contributed by atoms with Gasteiger partial charge in [-0.3, -0.25) is 0 Å². The lowest BCUT2D eigenvalue weighted by Crippen LogP contribution is -2.09. The summed E-state index contributed by atoms with van der Waals surface area (Å²) in [6.07, 6.45) is 0. The van der Waals surface area contributed by atoms with Gasteiger partial charge in [-0.05, 0) is 13.8 Å². The van der Waals surface area contributed by atoms with Crippen LogP contribution in [0.25, 0.3) is 0 Å². The second kappa shape index (κ2) is 3.96. The van der Waals surface area contributed by atoms with Crippen molar-refractivity contribution in [3.8, 4) is 0 Å². The molecule has 1 rings (SSSR count). The van der Waals surface area contributed by atoms with Gasteiger partial charge in [-0.25, -0.2) is 4.98 Å². The molecule has 0 aliphatic rings. The van der Waals surface area contributed by atoms with E-state index in [0.29, 0.717) is 24.3 Å². The summed E-state index contributed by atoms with van der Waals surface area (Å²) in [7, 11) is 1.61. The summed E-state index contributed by atoms with van der Waals surface area (Å²) in [6.45, 7) is 4.06. The van der Waals surface area contributed by atoms with Crippen molar-refractivity contribution in [1.82, 2.24) is 15.0 Å². The number of aromatic nitrogens is 3. The van der Waals surface area contributed by atoms with Gasteiger partial charge in [0.25, 0.3) is 0 Å². The maximum atomic E-state index is 4.81. The topological polar surface area (TPSA) is 59.9 Å². The van der Waals surface area contributed by atoms with Crippen molar-refractivity contribution in [2.75, 3.05) is 19.2 Å². The molecule has 0 saturated heterocycles. The molecule has 1 aromatic heterocycles. The van der Waals surface area contributed by atoms with Crippen LogP contribution in [0.2, 0.25) is 0 Å². The number of ether oxygens (including phenoxy) is 1. The molecular weight excluding hydrogens is 156 g/mol. The average molecular weight is 168 g/mol. The zero-order valence-corrected chi connectivity index (χ0v) is 7.46. The molecule has 12 heavy (non-hydrogen) atoms. The van der Waals surface area contributed by atoms with Crippen LogP contribution in [0.5, 0.6) is 0 Å². The third kappa shape index (κ3) is 2.43. The van der Waals surface area contributed by atoms with Gasteiger partial charge in [0, 0.05) is 7.11 Å². The highest BCUT2D eigenvalue weighted by Gasteiger charge is 1.97. The second-order valence-electron chi connectivity index (χ2n) is 2.36. The van der Waals surface area contributed by atoms with Crippen molar-refractivity contribution >= 4 is 5.95 Å². The Bertz CT molecular complexity index is 243. The molecule has 1 heterocycles. The van der Waals surface area contributed by atoms with Crippen LogP contribution in [-0.2, 0) is 4.74 Å². The highest BCUT2D eigenvalue weighted by Crippen LogP contribution is 1.98. The van der Waals surface area contributed by atoms with E-state index in [0.717, 1.165) is 0 Å². The number of hydrogen-bond donors (Lipinski definition) is 1. The van der Waals surface area contributed by atoms with Crippen LogP contribution in [-0.4, -0.2) is 28.8 Å². The van der Waals surface area contributed by atoms with Gasteiger partial charge in [0.2, 0.25) is 5.95 Å². The third-order valence-corrected chi connectivity index (χ3v) is 1.23. The van der Waals surface area contributed by atoms with Crippen LogP contribution >= 0.6 is 0 Å². The monoisotopic (exact) mass is 168 g/mol. The molecule has 0 aliphatic carbocycles. The summed E-state index contributed by atoms with van der Waals surface area (Å²) in [5.74, 6) is 1.98. The lowest BCUT2D eigenvalue weighted by molar-refractivity contribution is 0.220. The van der Waals surface area contributed by atoms with Crippen LogP contribution in [0.4, 0.5) is 5.95 Å². The maximum Gasteiger partial charge on any atom is 0.227 e. The Hall–Kier alpha value is -1.23. The molecule has 0 bridgehead atoms. The summed E-state index contributed by atoms with van der Waals surface area (Å²) >= 11 is 0. The highest BCUT2D eigenvalue weighted by atomic mass is 16.5. The van der Waals surface area contributed by atoms with Gasteiger partial charge in [-0.15, -0.1) is 0 Å². The van der Waals surface area contributed by atoms with E-state index in [1.165, 1.54) is 0 Å². The lowest BCUT2D eigenvalue weighted by atomic mass is 10.6. The van der Waals surface area contributed by atoms with Crippen molar-refractivity contribution < 1.29 is 4.74 Å². The molecule has 66 valence electrons. The SMILES string of the molecule is COCNc1nc(C)nc(C)n1. The van der Waals surface area contributed by atoms with Crippen LogP contribution in [0, 0.1) is 13.8 Å². The highest BCUT2D eigenvalue weighted by molar-refractivity contribution is 5.22. The van der Waals surface area contributed by atoms with Crippen LogP contribution in [0.3, 0.4) is 0 Å². The minimum absolute atomic E-state index is 0.406. The van der Waals surface area contributed by atoms with Gasteiger partial charge in [0.15, 0.2) is 0 Å². The summed E-state index contributed by atoms with van der Waals surface area (Å²) in [5.41, 5.74) is 0. The van der Waals surface area contributed by atoms with Crippen molar-refractivity contribution in [1.29, 1.82) is 0 Å². The van der Waals surface area contributed by atoms with Gasteiger partial charge in [-0.2, -0.15) is 9.97 Å². The van der Waals surface area contributed by atoms with Gasteiger partial charge in [-0.1, -0.05) is 0 Å². The molecule has 0 aliphatic heterocycles. The van der Waals surface area contributed by atoms with Crippen molar-refractivity contribution in [2.45, 2.75) is 13.8 Å². The van der Waals surface area contributed by atoms with E-state index in [9.17, 15) is 0 Å². The molecule has 0 unspecified atom stereocenters. The Balaban J connectivity index is 2.72. The molecule has 5 nitrogen and oxygen atoms in total. The van der Waals surface area contributed by atoms with Crippen LogP contribution < -0.4 is 5.32 Å². The second-order valence-corrected chi connectivity index (χ2v) is 2.36. The zero-order chi connectivity index (χ0) is 8.97. The fourth-order valence-corrected chi connectivity index (χ4v) is 0.831. The molecule has 0 amide bonds. The van der Waals surface area contributed by atoms with Gasteiger partial charge >= 0.3 is 0 Å². The van der Waals surface area contributed by atoms with E-state index >= 15 is 0 Å². The van der Waals surface area contributed by atoms with Crippen molar-refractivity contribution in [2.24, 2.45) is 0 Å². The zero-order valence-electron chi connectivity index (χ0n) is 7.46. The number of anilines is 1. The number of nitrogens with one attached hydrogen (secondary N) is 1. The van der Waals surface area contributed by atoms with Crippen molar-refractivity contribution in [3.05, 3.63) is 11.6 Å². The standard InChI is InChI=1S/C7H12N4O/c1-5-9-6(2)11-7(10-5)8-4-12-3/h4H2,1-3H3,(H,8,9,10,11). The normalized spacial score (nSPS) is 9.92. The average Bonchev–Trinajstić information content (AvgIpc) is 1.99. The molecule has 0 atom stereocenters. The fraction of sp³-hybridized carbons (Fsp3) is 0.571. The Morgan fingerprint density at radius 1 is 1.17 bits per heavy atom. The summed E-state index contributed by atoms with van der Waals surface area (Å²) < 4.78 is 4.81. The van der Waals surface area contributed by atoms with Crippen LogP contribution in [0.15, 0.2) is 0 Å². The number of rotatable bonds is 3. The predicted molar refractivity (Wildman–Crippen MR) is 44.8 cm³/mol. The molecule has 0 saturated carbocycles. The Morgan fingerprint density at radius 2 is 1.75 bits per heavy atom. The Kier molecular flexibility index (Phi) is 2.93. The first-order chi connectivity index (χ1) is 5.72. The molecule has 0 fully saturated rings. The molecular formula is C7H12N4O. The maximum absolute atomic E-state index is 4.81. The van der Waals surface area contributed by atoms with Crippen molar-refractivity contribution in [3.63, 3.8) is 0 Å². The summed E-state index contributed by atoms with van der Waals surface area (Å²) in [5, 5.41) is 2.89. The quantitative estimate of drug-likeness (QED) is 0.666. The number of methoxy groups -OCH3 is 1. The number of aryl methyl sites for hydroxylation is 2. The molecule has 0 aromatic carbocycles. The molecule has 5 heteroatoms. The smallest absolute Gasteiger partial charge is 0.227 e. The van der Waals surface area contributed by atoms with Gasteiger partial charge in [0.1, 0.15) is 18.4 Å². The molecule has 0 spiro atoms. The summed E-state index contributed by atoms with van der Waals surface area (Å²) in [6, 6.07) is 0. The van der Waals surface area contributed by atoms with E-state index in [1.54, 1.807) is 7.11 Å². The minimum atomic E-state index is 0.406. The number of nitrogens with zero attached hydrogens (tertiary/aromatic N) is 3. The van der Waals surface area contributed by atoms with Gasteiger partial charge < -0.3 is 10.1 Å². The van der Waals surface area contributed by atoms with E-state index in [1.807, 2.05) is 13.8 Å². The third-order valence-electron chi connectivity index (χ3n) is 1.23. The molecule has 0 radical (unpaired) electrons. The Morgan fingerprint density at radius 3 is 2.25 bits per heavy atom. The predicted octanol–water partition coefficient (Wildman–Crippen LogP) is 0.504. The first-order valence-electron chi connectivity index (χ1n) is 3.64.